The van der Waals surface area contributed by atoms with Crippen LogP contribution in [0.3, 0.4) is 0 Å². The minimum atomic E-state index is 0.549. The van der Waals surface area contributed by atoms with Gasteiger partial charge in [-0.2, -0.15) is 0 Å². The van der Waals surface area contributed by atoms with Gasteiger partial charge in [0.1, 0.15) is 11.8 Å². The van der Waals surface area contributed by atoms with E-state index in [9.17, 15) is 0 Å². The summed E-state index contributed by atoms with van der Waals surface area (Å²) in [6, 6.07) is 12.1. The summed E-state index contributed by atoms with van der Waals surface area (Å²) in [6.45, 7) is 0. The third-order valence-electron chi connectivity index (χ3n) is 3.97. The van der Waals surface area contributed by atoms with E-state index in [1.54, 1.807) is 12.4 Å². The van der Waals surface area contributed by atoms with Crippen molar-refractivity contribution in [2.75, 3.05) is 0 Å². The molecule has 4 heterocycles. The van der Waals surface area contributed by atoms with Gasteiger partial charge in [-0.15, -0.1) is 0 Å². The fourth-order valence-corrected chi connectivity index (χ4v) is 2.96. The first-order valence-electron chi connectivity index (χ1n) is 7.23. The summed E-state index contributed by atoms with van der Waals surface area (Å²) < 4.78 is 5.76. The lowest BCUT2D eigenvalue weighted by Gasteiger charge is -2.06. The summed E-state index contributed by atoms with van der Waals surface area (Å²) in [6.07, 6.45) is 6.73. The second kappa shape index (κ2) is 4.58. The molecule has 0 aliphatic rings. The Morgan fingerprint density at radius 1 is 0.870 bits per heavy atom. The van der Waals surface area contributed by atoms with E-state index in [2.05, 4.69) is 32.1 Å². The van der Waals surface area contributed by atoms with Crippen LogP contribution in [0.1, 0.15) is 0 Å². The van der Waals surface area contributed by atoms with E-state index in [-0.39, 0.29) is 0 Å². The van der Waals surface area contributed by atoms with Gasteiger partial charge in [0.25, 0.3) is 0 Å². The third kappa shape index (κ3) is 1.73. The predicted octanol–water partition coefficient (Wildman–Crippen LogP) is 3.99. The van der Waals surface area contributed by atoms with E-state index < -0.39 is 0 Å². The van der Waals surface area contributed by atoms with E-state index in [4.69, 9.17) is 4.42 Å². The highest BCUT2D eigenvalue weighted by Crippen LogP contribution is 2.35. The first-order chi connectivity index (χ1) is 11.4. The molecule has 0 saturated heterocycles. The molecule has 0 spiro atoms. The zero-order valence-electron chi connectivity index (χ0n) is 12.0. The average Bonchev–Trinajstić information content (AvgIpc) is 3.00. The van der Waals surface area contributed by atoms with Crippen molar-refractivity contribution in [3.63, 3.8) is 0 Å². The molecule has 0 fully saturated rings. The second-order valence-electron chi connectivity index (χ2n) is 5.26. The molecule has 5 rings (SSSR count). The number of hydrogen-bond acceptors (Lipinski definition) is 5. The largest absolute Gasteiger partial charge is 0.434 e. The maximum absolute atomic E-state index is 5.76. The summed E-state index contributed by atoms with van der Waals surface area (Å²) in [4.78, 5) is 17.3. The lowest BCUT2D eigenvalue weighted by atomic mass is 10.0. The number of aromatic nitrogens is 4. The van der Waals surface area contributed by atoms with Gasteiger partial charge >= 0.3 is 0 Å². The summed E-state index contributed by atoms with van der Waals surface area (Å²) in [5.41, 5.74) is 3.80. The zero-order chi connectivity index (χ0) is 15.2. The van der Waals surface area contributed by atoms with Crippen molar-refractivity contribution >= 4 is 33.0 Å². The van der Waals surface area contributed by atoms with Crippen molar-refractivity contribution in [2.45, 2.75) is 0 Å². The number of pyridine rings is 2. The molecular weight excluding hydrogens is 288 g/mol. The molecule has 0 saturated carbocycles. The quantitative estimate of drug-likeness (QED) is 0.468. The smallest absolute Gasteiger partial charge is 0.229 e. The van der Waals surface area contributed by atoms with Crippen LogP contribution < -0.4 is 0 Å². The summed E-state index contributed by atoms with van der Waals surface area (Å²) in [5, 5.41) is 3.10. The zero-order valence-corrected chi connectivity index (χ0v) is 12.0. The Bertz CT molecular complexity index is 1170. The van der Waals surface area contributed by atoms with Gasteiger partial charge in [0, 0.05) is 23.3 Å². The van der Waals surface area contributed by atoms with Gasteiger partial charge in [0.05, 0.1) is 17.3 Å². The second-order valence-corrected chi connectivity index (χ2v) is 5.26. The molecule has 0 amide bonds. The van der Waals surface area contributed by atoms with Crippen LogP contribution >= 0.6 is 0 Å². The molecule has 0 aliphatic carbocycles. The van der Waals surface area contributed by atoms with E-state index >= 15 is 0 Å². The monoisotopic (exact) mass is 298 g/mol. The number of nitrogens with zero attached hydrogens (tertiary/aromatic N) is 4. The molecule has 5 heteroatoms. The number of furan rings is 1. The molecule has 0 radical (unpaired) electrons. The lowest BCUT2D eigenvalue weighted by molar-refractivity contribution is 0.651. The van der Waals surface area contributed by atoms with Crippen molar-refractivity contribution in [2.24, 2.45) is 0 Å². The van der Waals surface area contributed by atoms with Gasteiger partial charge in [0.15, 0.2) is 5.58 Å². The van der Waals surface area contributed by atoms with Crippen LogP contribution in [0.5, 0.6) is 0 Å². The van der Waals surface area contributed by atoms with Crippen molar-refractivity contribution in [1.82, 2.24) is 19.9 Å². The highest BCUT2D eigenvalue weighted by Gasteiger charge is 2.16. The van der Waals surface area contributed by atoms with Crippen LogP contribution in [0.15, 0.2) is 65.7 Å². The highest BCUT2D eigenvalue weighted by molar-refractivity contribution is 6.11. The number of benzene rings is 1. The Balaban J connectivity index is 1.96. The number of fused-ring (bicyclic) bond motifs is 4. The van der Waals surface area contributed by atoms with Crippen LogP contribution in [-0.2, 0) is 0 Å². The van der Waals surface area contributed by atoms with Crippen LogP contribution in [0.2, 0.25) is 0 Å². The molecule has 108 valence electrons. The fourth-order valence-electron chi connectivity index (χ4n) is 2.96. The average molecular weight is 298 g/mol. The van der Waals surface area contributed by atoms with Gasteiger partial charge < -0.3 is 4.42 Å². The number of hydrogen-bond donors (Lipinski definition) is 0. The molecule has 5 aromatic rings. The van der Waals surface area contributed by atoms with Gasteiger partial charge in [-0.05, 0) is 17.5 Å². The van der Waals surface area contributed by atoms with Crippen LogP contribution in [-0.4, -0.2) is 19.9 Å². The van der Waals surface area contributed by atoms with Crippen molar-refractivity contribution in [3.05, 3.63) is 61.3 Å². The lowest BCUT2D eigenvalue weighted by Crippen LogP contribution is -1.88. The Morgan fingerprint density at radius 3 is 2.78 bits per heavy atom. The minimum absolute atomic E-state index is 0.549. The summed E-state index contributed by atoms with van der Waals surface area (Å²) in [7, 11) is 0. The SMILES string of the molecule is c1ccc2c(-c3ccnc4oc5cncnc5c34)nccc2c1. The highest BCUT2D eigenvalue weighted by atomic mass is 16.3. The van der Waals surface area contributed by atoms with Gasteiger partial charge in [-0.25, -0.2) is 15.0 Å². The van der Waals surface area contributed by atoms with E-state index in [1.165, 1.54) is 6.33 Å². The molecule has 0 aliphatic heterocycles. The topological polar surface area (TPSA) is 64.7 Å². The normalized spacial score (nSPS) is 11.5. The maximum atomic E-state index is 5.76. The van der Waals surface area contributed by atoms with Crippen molar-refractivity contribution < 1.29 is 4.42 Å². The van der Waals surface area contributed by atoms with Gasteiger partial charge in [-0.3, -0.25) is 4.98 Å². The van der Waals surface area contributed by atoms with Crippen molar-refractivity contribution in [3.8, 4) is 11.3 Å². The van der Waals surface area contributed by atoms with E-state index in [1.807, 2.05) is 30.5 Å². The molecule has 0 atom stereocenters. The predicted molar refractivity (Wildman–Crippen MR) is 87.8 cm³/mol. The standard InChI is InChI=1S/C18H10N4O/c1-2-4-12-11(3-1)5-7-20-16(12)13-6-8-21-18-15(13)17-14(23-18)9-19-10-22-17/h1-10H. The molecule has 23 heavy (non-hydrogen) atoms. The van der Waals surface area contributed by atoms with E-state index in [0.29, 0.717) is 11.3 Å². The molecule has 0 bridgehead atoms. The summed E-state index contributed by atoms with van der Waals surface area (Å²) >= 11 is 0. The Morgan fingerprint density at radius 2 is 1.78 bits per heavy atom. The maximum Gasteiger partial charge on any atom is 0.229 e. The number of rotatable bonds is 1. The van der Waals surface area contributed by atoms with Gasteiger partial charge in [0.2, 0.25) is 5.71 Å². The first-order valence-corrected chi connectivity index (χ1v) is 7.23. The fraction of sp³-hybridized carbons (Fsp3) is 0. The summed E-state index contributed by atoms with van der Waals surface area (Å²) in [5.74, 6) is 0. The van der Waals surface area contributed by atoms with E-state index in [0.717, 1.165) is 32.9 Å². The minimum Gasteiger partial charge on any atom is -0.434 e. The third-order valence-corrected chi connectivity index (χ3v) is 3.97. The molecular formula is C18H10N4O. The molecule has 4 aromatic heterocycles. The molecule has 1 aromatic carbocycles. The Kier molecular flexibility index (Phi) is 2.43. The Hall–Kier alpha value is -3.34. The Labute approximate surface area is 130 Å². The molecule has 0 N–H and O–H groups in total. The molecule has 5 nitrogen and oxygen atoms in total. The van der Waals surface area contributed by atoms with Crippen molar-refractivity contribution in [1.29, 1.82) is 0 Å². The van der Waals surface area contributed by atoms with Crippen LogP contribution in [0.25, 0.3) is 44.2 Å². The van der Waals surface area contributed by atoms with Crippen LogP contribution in [0.4, 0.5) is 0 Å². The van der Waals surface area contributed by atoms with Crippen LogP contribution in [0, 0.1) is 0 Å². The first kappa shape index (κ1) is 12.2. The molecule has 0 unspecified atom stereocenters. The van der Waals surface area contributed by atoms with Gasteiger partial charge in [-0.1, -0.05) is 24.3 Å².